The summed E-state index contributed by atoms with van der Waals surface area (Å²) in [6, 6.07) is 9.04. The van der Waals surface area contributed by atoms with E-state index in [2.05, 4.69) is 36.5 Å². The Kier molecular flexibility index (Phi) is 4.75. The van der Waals surface area contributed by atoms with Gasteiger partial charge in [0, 0.05) is 26.3 Å². The van der Waals surface area contributed by atoms with E-state index in [-0.39, 0.29) is 12.2 Å². The standard InChI is InChI=1S/C15H23NO2/c1-4-18-14-9-13(15(14)17-3)16-10-12-7-5-11(2)6-8-12/h5-8,13-16H,4,9-10H2,1-3H3. The smallest absolute Gasteiger partial charge is 0.0986 e. The first kappa shape index (κ1) is 13.5. The van der Waals surface area contributed by atoms with Gasteiger partial charge in [0.1, 0.15) is 0 Å². The van der Waals surface area contributed by atoms with Crippen molar-refractivity contribution in [2.24, 2.45) is 0 Å². The number of ether oxygens (including phenoxy) is 2. The monoisotopic (exact) mass is 249 g/mol. The zero-order valence-corrected chi connectivity index (χ0v) is 11.5. The Bertz CT molecular complexity index is 363. The highest BCUT2D eigenvalue weighted by Crippen LogP contribution is 2.27. The lowest BCUT2D eigenvalue weighted by atomic mass is 9.85. The second-order valence-electron chi connectivity index (χ2n) is 4.90. The predicted molar refractivity (Wildman–Crippen MR) is 72.6 cm³/mol. The van der Waals surface area contributed by atoms with E-state index in [1.54, 1.807) is 7.11 Å². The maximum absolute atomic E-state index is 5.61. The average molecular weight is 249 g/mol. The molecule has 0 spiro atoms. The van der Waals surface area contributed by atoms with Crippen LogP contribution in [0.15, 0.2) is 24.3 Å². The van der Waals surface area contributed by atoms with Crippen LogP contribution >= 0.6 is 0 Å². The van der Waals surface area contributed by atoms with Crippen LogP contribution in [0.2, 0.25) is 0 Å². The molecule has 0 aromatic heterocycles. The third kappa shape index (κ3) is 3.10. The molecule has 1 aliphatic carbocycles. The van der Waals surface area contributed by atoms with Gasteiger partial charge in [0.15, 0.2) is 0 Å². The quantitative estimate of drug-likeness (QED) is 0.839. The fourth-order valence-electron chi connectivity index (χ4n) is 2.43. The van der Waals surface area contributed by atoms with Gasteiger partial charge in [-0.1, -0.05) is 29.8 Å². The van der Waals surface area contributed by atoms with Crippen molar-refractivity contribution in [2.75, 3.05) is 13.7 Å². The van der Waals surface area contributed by atoms with Crippen LogP contribution in [0.4, 0.5) is 0 Å². The van der Waals surface area contributed by atoms with Crippen molar-refractivity contribution in [2.45, 2.75) is 45.1 Å². The van der Waals surface area contributed by atoms with Crippen molar-refractivity contribution in [1.29, 1.82) is 0 Å². The lowest BCUT2D eigenvalue weighted by molar-refractivity contribution is -0.131. The Morgan fingerprint density at radius 2 is 2.00 bits per heavy atom. The minimum absolute atomic E-state index is 0.190. The Labute approximate surface area is 109 Å². The Morgan fingerprint density at radius 1 is 1.28 bits per heavy atom. The highest BCUT2D eigenvalue weighted by atomic mass is 16.5. The van der Waals surface area contributed by atoms with E-state index in [0.29, 0.717) is 6.04 Å². The normalized spacial score (nSPS) is 26.9. The Morgan fingerprint density at radius 3 is 2.61 bits per heavy atom. The molecule has 0 radical (unpaired) electrons. The average Bonchev–Trinajstić information content (AvgIpc) is 2.35. The number of hydrogen-bond acceptors (Lipinski definition) is 3. The van der Waals surface area contributed by atoms with E-state index >= 15 is 0 Å². The molecular formula is C15H23NO2. The SMILES string of the molecule is CCOC1CC(NCc2ccc(C)cc2)C1OC. The fraction of sp³-hybridized carbons (Fsp3) is 0.600. The molecule has 0 aliphatic heterocycles. The highest BCUT2D eigenvalue weighted by Gasteiger charge is 2.41. The second kappa shape index (κ2) is 6.32. The Hall–Kier alpha value is -0.900. The molecule has 1 aromatic rings. The number of benzene rings is 1. The number of aryl methyl sites for hydroxylation is 1. The van der Waals surface area contributed by atoms with Crippen LogP contribution < -0.4 is 5.32 Å². The predicted octanol–water partition coefficient (Wildman–Crippen LogP) is 2.28. The van der Waals surface area contributed by atoms with E-state index in [0.717, 1.165) is 19.6 Å². The topological polar surface area (TPSA) is 30.5 Å². The van der Waals surface area contributed by atoms with Gasteiger partial charge in [-0.15, -0.1) is 0 Å². The van der Waals surface area contributed by atoms with Gasteiger partial charge < -0.3 is 14.8 Å². The third-order valence-corrected chi connectivity index (χ3v) is 3.59. The molecule has 3 heteroatoms. The van der Waals surface area contributed by atoms with Crippen LogP contribution in [0.25, 0.3) is 0 Å². The maximum Gasteiger partial charge on any atom is 0.0986 e. The zero-order chi connectivity index (χ0) is 13.0. The van der Waals surface area contributed by atoms with Crippen LogP contribution in [0, 0.1) is 6.92 Å². The summed E-state index contributed by atoms with van der Waals surface area (Å²) in [7, 11) is 1.76. The molecule has 18 heavy (non-hydrogen) atoms. The lowest BCUT2D eigenvalue weighted by Crippen LogP contribution is -2.59. The molecule has 3 nitrogen and oxygen atoms in total. The lowest BCUT2D eigenvalue weighted by Gasteiger charge is -2.43. The summed E-state index contributed by atoms with van der Waals surface area (Å²) >= 11 is 0. The molecule has 0 saturated heterocycles. The largest absolute Gasteiger partial charge is 0.377 e. The van der Waals surface area contributed by atoms with Crippen LogP contribution in [-0.4, -0.2) is 32.0 Å². The van der Waals surface area contributed by atoms with E-state index in [1.807, 2.05) is 6.92 Å². The first-order valence-corrected chi connectivity index (χ1v) is 6.68. The molecule has 3 unspecified atom stereocenters. The molecule has 100 valence electrons. The summed E-state index contributed by atoms with van der Waals surface area (Å²) in [5.41, 5.74) is 2.61. The van der Waals surface area contributed by atoms with Gasteiger partial charge >= 0.3 is 0 Å². The summed E-state index contributed by atoms with van der Waals surface area (Å²) < 4.78 is 11.1. The van der Waals surface area contributed by atoms with Gasteiger partial charge in [-0.3, -0.25) is 0 Å². The van der Waals surface area contributed by atoms with Gasteiger partial charge in [-0.05, 0) is 25.8 Å². The summed E-state index contributed by atoms with van der Waals surface area (Å²) in [6.45, 7) is 5.79. The van der Waals surface area contributed by atoms with Crippen molar-refractivity contribution in [3.05, 3.63) is 35.4 Å². The molecule has 0 bridgehead atoms. The van der Waals surface area contributed by atoms with Gasteiger partial charge in [0.2, 0.25) is 0 Å². The second-order valence-corrected chi connectivity index (χ2v) is 4.90. The van der Waals surface area contributed by atoms with Gasteiger partial charge in [0.25, 0.3) is 0 Å². The molecule has 1 aromatic carbocycles. The van der Waals surface area contributed by atoms with Gasteiger partial charge in [0.05, 0.1) is 12.2 Å². The van der Waals surface area contributed by atoms with E-state index in [9.17, 15) is 0 Å². The highest BCUT2D eigenvalue weighted by molar-refractivity contribution is 5.21. The molecule has 2 rings (SSSR count). The molecule has 1 fully saturated rings. The first-order chi connectivity index (χ1) is 8.74. The molecule has 1 N–H and O–H groups in total. The molecule has 3 atom stereocenters. The molecule has 1 aliphatic rings. The third-order valence-electron chi connectivity index (χ3n) is 3.59. The summed E-state index contributed by atoms with van der Waals surface area (Å²) in [4.78, 5) is 0. The van der Waals surface area contributed by atoms with Crippen LogP contribution in [-0.2, 0) is 16.0 Å². The van der Waals surface area contributed by atoms with Gasteiger partial charge in [-0.2, -0.15) is 0 Å². The summed E-state index contributed by atoms with van der Waals surface area (Å²) in [6.07, 6.45) is 1.49. The number of rotatable bonds is 6. The van der Waals surface area contributed by atoms with E-state index in [4.69, 9.17) is 9.47 Å². The van der Waals surface area contributed by atoms with Crippen molar-refractivity contribution < 1.29 is 9.47 Å². The fourth-order valence-corrected chi connectivity index (χ4v) is 2.43. The van der Waals surface area contributed by atoms with Crippen molar-refractivity contribution in [1.82, 2.24) is 5.32 Å². The molecular weight excluding hydrogens is 226 g/mol. The molecule has 1 saturated carbocycles. The van der Waals surface area contributed by atoms with E-state index in [1.165, 1.54) is 11.1 Å². The van der Waals surface area contributed by atoms with Crippen LogP contribution in [0.1, 0.15) is 24.5 Å². The number of nitrogens with one attached hydrogen (secondary N) is 1. The number of methoxy groups -OCH3 is 1. The first-order valence-electron chi connectivity index (χ1n) is 6.68. The molecule has 0 heterocycles. The maximum atomic E-state index is 5.61. The van der Waals surface area contributed by atoms with Crippen LogP contribution in [0.5, 0.6) is 0 Å². The van der Waals surface area contributed by atoms with Crippen LogP contribution in [0.3, 0.4) is 0 Å². The van der Waals surface area contributed by atoms with Crippen molar-refractivity contribution in [3.63, 3.8) is 0 Å². The van der Waals surface area contributed by atoms with Gasteiger partial charge in [-0.25, -0.2) is 0 Å². The zero-order valence-electron chi connectivity index (χ0n) is 11.5. The Balaban J connectivity index is 1.79. The minimum atomic E-state index is 0.190. The summed E-state index contributed by atoms with van der Waals surface area (Å²) in [5, 5.41) is 3.54. The van der Waals surface area contributed by atoms with Crippen molar-refractivity contribution in [3.8, 4) is 0 Å². The number of hydrogen-bond donors (Lipinski definition) is 1. The summed E-state index contributed by atoms with van der Waals surface area (Å²) in [5.74, 6) is 0. The van der Waals surface area contributed by atoms with E-state index < -0.39 is 0 Å². The molecule has 0 amide bonds. The minimum Gasteiger partial charge on any atom is -0.377 e. The van der Waals surface area contributed by atoms with Crippen molar-refractivity contribution >= 4 is 0 Å².